The van der Waals surface area contributed by atoms with Gasteiger partial charge in [-0.2, -0.15) is 0 Å². The van der Waals surface area contributed by atoms with E-state index in [9.17, 15) is 9.59 Å². The summed E-state index contributed by atoms with van der Waals surface area (Å²) < 4.78 is 5.34. The van der Waals surface area contributed by atoms with Crippen molar-refractivity contribution >= 4 is 11.8 Å². The molecule has 0 unspecified atom stereocenters. The van der Waals surface area contributed by atoms with Crippen LogP contribution in [0.2, 0.25) is 0 Å². The molecule has 1 aliphatic heterocycles. The van der Waals surface area contributed by atoms with Crippen LogP contribution in [0, 0.1) is 0 Å². The number of nitrogens with one attached hydrogen (secondary N) is 1. The summed E-state index contributed by atoms with van der Waals surface area (Å²) in [6.07, 6.45) is 1.89. The van der Waals surface area contributed by atoms with Gasteiger partial charge in [-0.25, -0.2) is 0 Å². The van der Waals surface area contributed by atoms with E-state index in [2.05, 4.69) is 10.5 Å². The molecule has 1 saturated heterocycles. The number of aromatic nitrogens is 1. The lowest BCUT2D eigenvalue weighted by molar-refractivity contribution is -0.127. The molecule has 0 bridgehead atoms. The van der Waals surface area contributed by atoms with Crippen LogP contribution in [0.3, 0.4) is 0 Å². The van der Waals surface area contributed by atoms with Crippen LogP contribution in [0.25, 0.3) is 11.3 Å². The van der Waals surface area contributed by atoms with Crippen LogP contribution in [0.15, 0.2) is 71.4 Å². The summed E-state index contributed by atoms with van der Waals surface area (Å²) in [6, 6.07) is 18.5. The first kappa shape index (κ1) is 17.0. The Kier molecular flexibility index (Phi) is 4.70. The first-order valence-corrected chi connectivity index (χ1v) is 8.87. The quantitative estimate of drug-likeness (QED) is 0.775. The number of amides is 2. The lowest BCUT2D eigenvalue weighted by Gasteiger charge is -2.35. The van der Waals surface area contributed by atoms with Gasteiger partial charge < -0.3 is 14.7 Å². The highest BCUT2D eigenvalue weighted by Gasteiger charge is 2.35. The minimum Gasteiger partial charge on any atom is -0.355 e. The van der Waals surface area contributed by atoms with Gasteiger partial charge in [0.25, 0.3) is 5.91 Å². The number of hydrogen-bond donors (Lipinski definition) is 1. The number of hydrogen-bond acceptors (Lipinski definition) is 4. The molecule has 0 spiro atoms. The summed E-state index contributed by atoms with van der Waals surface area (Å²) in [5.41, 5.74) is 2.15. The summed E-state index contributed by atoms with van der Waals surface area (Å²) in [7, 11) is 0. The van der Waals surface area contributed by atoms with E-state index in [1.807, 2.05) is 60.7 Å². The minimum atomic E-state index is -0.563. The Labute approximate surface area is 156 Å². The van der Waals surface area contributed by atoms with Gasteiger partial charge in [0.15, 0.2) is 5.76 Å². The first-order valence-electron chi connectivity index (χ1n) is 8.87. The Bertz CT molecular complexity index is 938. The molecule has 0 saturated carbocycles. The van der Waals surface area contributed by atoms with Crippen molar-refractivity contribution in [2.24, 2.45) is 0 Å². The summed E-state index contributed by atoms with van der Waals surface area (Å²) in [5.74, 6) is 0.0343. The lowest BCUT2D eigenvalue weighted by atomic mass is 10.0. The average molecular weight is 361 g/mol. The van der Waals surface area contributed by atoms with E-state index in [4.69, 9.17) is 4.52 Å². The highest BCUT2D eigenvalue weighted by atomic mass is 16.5. The van der Waals surface area contributed by atoms with E-state index < -0.39 is 6.04 Å². The second kappa shape index (κ2) is 7.45. The predicted molar refractivity (Wildman–Crippen MR) is 99.9 cm³/mol. The molecule has 1 N–H and O–H groups in total. The molecular weight excluding hydrogens is 342 g/mol. The van der Waals surface area contributed by atoms with Crippen molar-refractivity contribution in [3.8, 4) is 11.3 Å². The number of carbonyl (C=O) groups is 2. The molecule has 1 atom stereocenters. The molecule has 0 radical (unpaired) electrons. The van der Waals surface area contributed by atoms with Crippen LogP contribution in [-0.4, -0.2) is 41.0 Å². The summed E-state index contributed by atoms with van der Waals surface area (Å²) >= 11 is 0. The van der Waals surface area contributed by atoms with E-state index in [0.717, 1.165) is 11.1 Å². The van der Waals surface area contributed by atoms with Gasteiger partial charge in [-0.05, 0) is 5.56 Å². The maximum Gasteiger partial charge on any atom is 0.260 e. The third-order valence-corrected chi connectivity index (χ3v) is 4.70. The van der Waals surface area contributed by atoms with E-state index in [1.54, 1.807) is 4.90 Å². The number of rotatable bonds is 4. The standard InChI is InChI=1S/C21H19N3O3/c25-20-18(13-15-7-3-1-4-8-15)24(12-11-22-20)21(26)17-14-23-27-19(17)16-9-5-2-6-10-16/h1-10,14,18H,11-13H2,(H,22,25)/t18-/m0/s1. The number of nitrogens with zero attached hydrogens (tertiary/aromatic N) is 2. The molecule has 27 heavy (non-hydrogen) atoms. The zero-order chi connectivity index (χ0) is 18.6. The van der Waals surface area contributed by atoms with Crippen molar-refractivity contribution in [1.29, 1.82) is 0 Å². The topological polar surface area (TPSA) is 75.4 Å². The van der Waals surface area contributed by atoms with E-state index in [1.165, 1.54) is 6.20 Å². The van der Waals surface area contributed by atoms with Gasteiger partial charge in [-0.3, -0.25) is 9.59 Å². The van der Waals surface area contributed by atoms with Gasteiger partial charge in [0.05, 0.1) is 6.20 Å². The second-order valence-electron chi connectivity index (χ2n) is 6.43. The summed E-state index contributed by atoms with van der Waals surface area (Å²) in [5, 5.41) is 6.68. The Morgan fingerprint density at radius 2 is 1.81 bits per heavy atom. The van der Waals surface area contributed by atoms with Gasteiger partial charge in [0, 0.05) is 25.1 Å². The van der Waals surface area contributed by atoms with Gasteiger partial charge in [-0.15, -0.1) is 0 Å². The molecule has 136 valence electrons. The van der Waals surface area contributed by atoms with Gasteiger partial charge in [-0.1, -0.05) is 65.8 Å². The number of piperazine rings is 1. The van der Waals surface area contributed by atoms with Crippen molar-refractivity contribution in [2.75, 3.05) is 13.1 Å². The second-order valence-corrected chi connectivity index (χ2v) is 6.43. The molecule has 1 fully saturated rings. The smallest absolute Gasteiger partial charge is 0.260 e. The van der Waals surface area contributed by atoms with Crippen molar-refractivity contribution in [1.82, 2.24) is 15.4 Å². The SMILES string of the molecule is O=C1NCCN(C(=O)c2cnoc2-c2ccccc2)[C@H]1Cc1ccccc1. The van der Waals surface area contributed by atoms with E-state index in [-0.39, 0.29) is 11.8 Å². The number of carbonyl (C=O) groups excluding carboxylic acids is 2. The Morgan fingerprint density at radius 3 is 2.56 bits per heavy atom. The van der Waals surface area contributed by atoms with Crippen LogP contribution in [0.4, 0.5) is 0 Å². The monoisotopic (exact) mass is 361 g/mol. The Balaban J connectivity index is 1.64. The van der Waals surface area contributed by atoms with Crippen LogP contribution in [-0.2, 0) is 11.2 Å². The molecule has 2 amide bonds. The fraction of sp³-hybridized carbons (Fsp3) is 0.190. The molecule has 1 aromatic heterocycles. The van der Waals surface area contributed by atoms with Crippen molar-refractivity contribution in [3.63, 3.8) is 0 Å². The molecule has 2 aromatic carbocycles. The predicted octanol–water partition coefficient (Wildman–Crippen LogP) is 2.52. The van der Waals surface area contributed by atoms with Crippen LogP contribution in [0.5, 0.6) is 0 Å². The zero-order valence-electron chi connectivity index (χ0n) is 14.7. The van der Waals surface area contributed by atoms with Crippen molar-refractivity contribution < 1.29 is 14.1 Å². The van der Waals surface area contributed by atoms with Crippen molar-refractivity contribution in [3.05, 3.63) is 78.0 Å². The molecule has 6 heteroatoms. The number of benzene rings is 2. The summed E-state index contributed by atoms with van der Waals surface area (Å²) in [6.45, 7) is 0.878. The fourth-order valence-electron chi connectivity index (χ4n) is 3.34. The average Bonchev–Trinajstić information content (AvgIpc) is 3.20. The third kappa shape index (κ3) is 3.46. The normalized spacial score (nSPS) is 16.8. The Hall–Kier alpha value is -3.41. The van der Waals surface area contributed by atoms with Crippen molar-refractivity contribution in [2.45, 2.75) is 12.5 Å². The van der Waals surface area contributed by atoms with Gasteiger partial charge >= 0.3 is 0 Å². The van der Waals surface area contributed by atoms with Crippen LogP contribution in [0.1, 0.15) is 15.9 Å². The molecule has 1 aliphatic rings. The molecule has 4 rings (SSSR count). The Morgan fingerprint density at radius 1 is 1.11 bits per heavy atom. The highest BCUT2D eigenvalue weighted by molar-refractivity contribution is 6.02. The third-order valence-electron chi connectivity index (χ3n) is 4.70. The van der Waals surface area contributed by atoms with Gasteiger partial charge in [0.2, 0.25) is 5.91 Å². The molecule has 6 nitrogen and oxygen atoms in total. The lowest BCUT2D eigenvalue weighted by Crippen LogP contribution is -2.58. The molecule has 0 aliphatic carbocycles. The molecule has 3 aromatic rings. The fourth-order valence-corrected chi connectivity index (χ4v) is 3.34. The highest BCUT2D eigenvalue weighted by Crippen LogP contribution is 2.26. The zero-order valence-corrected chi connectivity index (χ0v) is 14.7. The molecule has 2 heterocycles. The minimum absolute atomic E-state index is 0.142. The molecular formula is C21H19N3O3. The summed E-state index contributed by atoms with van der Waals surface area (Å²) in [4.78, 5) is 27.4. The van der Waals surface area contributed by atoms with E-state index >= 15 is 0 Å². The maximum atomic E-state index is 13.2. The largest absolute Gasteiger partial charge is 0.355 e. The van der Waals surface area contributed by atoms with E-state index in [0.29, 0.717) is 30.8 Å². The first-order chi connectivity index (χ1) is 13.2. The van der Waals surface area contributed by atoms with Crippen LogP contribution < -0.4 is 5.32 Å². The van der Waals surface area contributed by atoms with Crippen LogP contribution >= 0.6 is 0 Å². The maximum absolute atomic E-state index is 13.2. The van der Waals surface area contributed by atoms with Gasteiger partial charge in [0.1, 0.15) is 11.6 Å².